The Balaban J connectivity index is 1.63. The van der Waals surface area contributed by atoms with E-state index in [2.05, 4.69) is 26.8 Å². The van der Waals surface area contributed by atoms with Crippen molar-refractivity contribution in [3.8, 4) is 0 Å². The van der Waals surface area contributed by atoms with Crippen molar-refractivity contribution in [2.24, 2.45) is 5.92 Å². The van der Waals surface area contributed by atoms with E-state index in [4.69, 9.17) is 16.6 Å². The minimum Gasteiger partial charge on any atom is -0.361 e. The quantitative estimate of drug-likeness (QED) is 0.599. The fourth-order valence-electron chi connectivity index (χ4n) is 4.45. The van der Waals surface area contributed by atoms with Crippen molar-refractivity contribution in [2.45, 2.75) is 32.7 Å². The standard InChI is InChI=1S/C23H22ClFN5/c1-13-8-11-30(19-12-15(25)4-5-16(19)22-26-9-3-10-27-22)21(13)23-28-18-7-6-17(24)14(2)20(18)29-23/h3,5-7,9-10,12-13,21H,4,8,11H2,1-2H3,(H,28,29)/t13-,21-/m0/s1. The highest BCUT2D eigenvalue weighted by Crippen LogP contribution is 2.43. The van der Waals surface area contributed by atoms with E-state index in [1.165, 1.54) is 0 Å². The minimum atomic E-state index is -0.157. The molecule has 0 amide bonds. The van der Waals surface area contributed by atoms with E-state index in [0.29, 0.717) is 16.8 Å². The molecule has 153 valence electrons. The number of nitrogens with zero attached hydrogens (tertiary/aromatic N) is 4. The second kappa shape index (κ2) is 7.51. The van der Waals surface area contributed by atoms with Crippen molar-refractivity contribution < 1.29 is 4.39 Å². The maximum Gasteiger partial charge on any atom is 0.157 e. The molecule has 1 aliphatic heterocycles. The average molecular weight is 423 g/mol. The van der Waals surface area contributed by atoms with Gasteiger partial charge in [0.1, 0.15) is 11.7 Å². The minimum absolute atomic E-state index is 0.000150. The summed E-state index contributed by atoms with van der Waals surface area (Å²) in [6.07, 6.45) is 8.18. The molecule has 0 unspecified atom stereocenters. The summed E-state index contributed by atoms with van der Waals surface area (Å²) in [5.41, 5.74) is 4.49. The summed E-state index contributed by atoms with van der Waals surface area (Å²) in [6, 6.07) is 5.63. The molecule has 1 saturated heterocycles. The summed E-state index contributed by atoms with van der Waals surface area (Å²) < 4.78 is 14.4. The second-order valence-corrected chi connectivity index (χ2v) is 8.37. The largest absolute Gasteiger partial charge is 0.361 e. The monoisotopic (exact) mass is 422 g/mol. The van der Waals surface area contributed by atoms with Gasteiger partial charge in [-0.25, -0.2) is 19.3 Å². The third-order valence-electron chi connectivity index (χ3n) is 6.03. The molecule has 1 aromatic carbocycles. The van der Waals surface area contributed by atoms with Crippen molar-refractivity contribution in [3.63, 3.8) is 0 Å². The number of aromatic amines is 1. The number of rotatable bonds is 3. The van der Waals surface area contributed by atoms with E-state index in [9.17, 15) is 4.39 Å². The summed E-state index contributed by atoms with van der Waals surface area (Å²) in [4.78, 5) is 19.4. The van der Waals surface area contributed by atoms with Gasteiger partial charge in [0.05, 0.1) is 17.1 Å². The fraction of sp³-hybridized carbons (Fsp3) is 0.304. The smallest absolute Gasteiger partial charge is 0.157 e. The topological polar surface area (TPSA) is 57.7 Å². The number of imidazole rings is 1. The van der Waals surface area contributed by atoms with Gasteiger partial charge in [0.25, 0.3) is 0 Å². The molecule has 2 aliphatic rings. The molecule has 30 heavy (non-hydrogen) atoms. The number of benzene rings is 1. The molecule has 2 aromatic heterocycles. The molecule has 3 aromatic rings. The first-order chi connectivity index (χ1) is 14.5. The lowest BCUT2D eigenvalue weighted by Gasteiger charge is -2.31. The van der Waals surface area contributed by atoms with Gasteiger partial charge in [0.15, 0.2) is 5.82 Å². The van der Waals surface area contributed by atoms with Crippen molar-refractivity contribution in [1.82, 2.24) is 24.8 Å². The zero-order chi connectivity index (χ0) is 20.8. The van der Waals surface area contributed by atoms with Crippen LogP contribution in [-0.2, 0) is 0 Å². The zero-order valence-corrected chi connectivity index (χ0v) is 17.6. The van der Waals surface area contributed by atoms with E-state index in [1.54, 1.807) is 24.5 Å². The Morgan fingerprint density at radius 2 is 2.03 bits per heavy atom. The van der Waals surface area contributed by atoms with Crippen LogP contribution >= 0.6 is 11.6 Å². The van der Waals surface area contributed by atoms with Crippen LogP contribution in [0.4, 0.5) is 4.39 Å². The molecular weight excluding hydrogens is 401 g/mol. The summed E-state index contributed by atoms with van der Waals surface area (Å²) >= 11 is 6.30. The Bertz CT molecular complexity index is 1170. The predicted octanol–water partition coefficient (Wildman–Crippen LogP) is 5.57. The van der Waals surface area contributed by atoms with Crippen LogP contribution in [0.15, 0.2) is 48.2 Å². The van der Waals surface area contributed by atoms with Crippen molar-refractivity contribution in [2.75, 3.05) is 6.54 Å². The zero-order valence-electron chi connectivity index (χ0n) is 16.9. The van der Waals surface area contributed by atoms with Gasteiger partial charge in [0, 0.05) is 48.1 Å². The lowest BCUT2D eigenvalue weighted by Crippen LogP contribution is -2.27. The van der Waals surface area contributed by atoms with Crippen molar-refractivity contribution in [3.05, 3.63) is 76.8 Å². The maximum atomic E-state index is 14.4. The Hall–Kier alpha value is -2.73. The second-order valence-electron chi connectivity index (χ2n) is 7.97. The maximum absolute atomic E-state index is 14.4. The molecule has 0 spiro atoms. The molecule has 1 fully saturated rings. The normalized spacial score (nSPS) is 22.1. The van der Waals surface area contributed by atoms with E-state index < -0.39 is 0 Å². The molecule has 0 bridgehead atoms. The van der Waals surface area contributed by atoms with E-state index >= 15 is 0 Å². The van der Waals surface area contributed by atoms with Crippen LogP contribution in [0.25, 0.3) is 16.6 Å². The predicted molar refractivity (Wildman–Crippen MR) is 116 cm³/mol. The van der Waals surface area contributed by atoms with Crippen LogP contribution in [0.3, 0.4) is 0 Å². The first-order valence-electron chi connectivity index (χ1n) is 10.1. The number of fused-ring (bicyclic) bond motifs is 1. The molecule has 1 aliphatic carbocycles. The van der Waals surface area contributed by atoms with Crippen LogP contribution in [0, 0.1) is 19.3 Å². The van der Waals surface area contributed by atoms with Gasteiger partial charge < -0.3 is 9.88 Å². The van der Waals surface area contributed by atoms with Crippen molar-refractivity contribution >= 4 is 28.2 Å². The molecule has 2 atom stereocenters. The summed E-state index contributed by atoms with van der Waals surface area (Å²) in [5, 5.41) is 0.704. The number of likely N-dealkylation sites (tertiary alicyclic amines) is 1. The Labute approximate surface area is 179 Å². The van der Waals surface area contributed by atoms with Crippen LogP contribution in [0.5, 0.6) is 0 Å². The number of halogens is 2. The number of hydrogen-bond acceptors (Lipinski definition) is 4. The Morgan fingerprint density at radius 3 is 2.83 bits per heavy atom. The van der Waals surface area contributed by atoms with E-state index in [1.807, 2.05) is 25.5 Å². The molecule has 3 heterocycles. The number of allylic oxidation sites excluding steroid dienone is 3. The molecule has 1 N–H and O–H groups in total. The summed E-state index contributed by atoms with van der Waals surface area (Å²) in [5.74, 6) is 1.68. The molecule has 1 radical (unpaired) electrons. The van der Waals surface area contributed by atoms with E-state index in [-0.39, 0.29) is 18.3 Å². The Morgan fingerprint density at radius 1 is 1.23 bits per heavy atom. The van der Waals surface area contributed by atoms with Crippen LogP contribution in [0.2, 0.25) is 5.02 Å². The summed E-state index contributed by atoms with van der Waals surface area (Å²) in [7, 11) is 0. The van der Waals surface area contributed by atoms with Gasteiger partial charge in [-0.15, -0.1) is 0 Å². The number of hydrogen-bond donors (Lipinski definition) is 1. The third-order valence-corrected chi connectivity index (χ3v) is 6.44. The van der Waals surface area contributed by atoms with Gasteiger partial charge in [-0.1, -0.05) is 18.5 Å². The average Bonchev–Trinajstić information content (AvgIpc) is 3.35. The number of H-pyrrole nitrogens is 1. The molecule has 0 saturated carbocycles. The van der Waals surface area contributed by atoms with Gasteiger partial charge in [0.2, 0.25) is 0 Å². The van der Waals surface area contributed by atoms with Gasteiger partial charge >= 0.3 is 0 Å². The first-order valence-corrected chi connectivity index (χ1v) is 10.5. The first kappa shape index (κ1) is 19.2. The SMILES string of the molecule is Cc1c(Cl)ccc2[nH]c([C@@H]3[C@@H](C)CCN3C3=C(c4ncccn4)[CH]CC(F)=C3)nc12. The lowest BCUT2D eigenvalue weighted by atomic mass is 9.97. The van der Waals surface area contributed by atoms with E-state index in [0.717, 1.165) is 46.7 Å². The van der Waals surface area contributed by atoms with Gasteiger partial charge in [-0.3, -0.25) is 0 Å². The molecular formula is C23H22ClFN5. The highest BCUT2D eigenvalue weighted by molar-refractivity contribution is 6.32. The third kappa shape index (κ3) is 3.19. The molecule has 7 heteroatoms. The fourth-order valence-corrected chi connectivity index (χ4v) is 4.60. The van der Waals surface area contributed by atoms with Crippen LogP contribution < -0.4 is 0 Å². The Kier molecular flexibility index (Phi) is 4.82. The van der Waals surface area contributed by atoms with Gasteiger partial charge in [-0.2, -0.15) is 0 Å². The highest BCUT2D eigenvalue weighted by atomic mass is 35.5. The van der Waals surface area contributed by atoms with Crippen LogP contribution in [-0.4, -0.2) is 31.4 Å². The molecule has 5 rings (SSSR count). The molecule has 5 nitrogen and oxygen atoms in total. The highest BCUT2D eigenvalue weighted by Gasteiger charge is 2.37. The van der Waals surface area contributed by atoms with Crippen LogP contribution in [0.1, 0.15) is 43.0 Å². The number of nitrogens with one attached hydrogen (secondary N) is 1. The lowest BCUT2D eigenvalue weighted by molar-refractivity contribution is 0.290. The number of aromatic nitrogens is 4. The van der Waals surface area contributed by atoms with Crippen molar-refractivity contribution in [1.29, 1.82) is 0 Å². The summed E-state index contributed by atoms with van der Waals surface area (Å²) in [6.45, 7) is 5.00. The van der Waals surface area contributed by atoms with Gasteiger partial charge in [-0.05, 0) is 49.1 Å². The number of aryl methyl sites for hydroxylation is 1.